The van der Waals surface area contributed by atoms with Gasteiger partial charge in [-0.25, -0.2) is 0 Å². The van der Waals surface area contributed by atoms with Crippen LogP contribution < -0.4 is 0 Å². The van der Waals surface area contributed by atoms with Crippen LogP contribution in [-0.2, 0) is 0 Å². The molecule has 8 heavy (non-hydrogen) atoms. The molecule has 0 aromatic carbocycles. The van der Waals surface area contributed by atoms with Crippen LogP contribution in [-0.4, -0.2) is 11.2 Å². The number of aliphatic hydroxyl groups is 1. The molecule has 1 aliphatic carbocycles. The monoisotopic (exact) mass is 110 g/mol. The van der Waals surface area contributed by atoms with Crippen LogP contribution in [0.3, 0.4) is 0 Å². The van der Waals surface area contributed by atoms with Gasteiger partial charge in [-0.15, -0.1) is 0 Å². The molecule has 1 heteroatoms. The second kappa shape index (κ2) is 2.14. The fraction of sp³-hybridized carbons (Fsp3) is 0.429. The lowest BCUT2D eigenvalue weighted by atomic mass is 10.2. The van der Waals surface area contributed by atoms with Crippen molar-refractivity contribution in [2.75, 3.05) is 0 Å². The molecule has 1 N–H and O–H groups in total. The van der Waals surface area contributed by atoms with Gasteiger partial charge in [0.25, 0.3) is 0 Å². The Morgan fingerprint density at radius 3 is 2.75 bits per heavy atom. The Labute approximate surface area is 49.3 Å². The lowest BCUT2D eigenvalue weighted by molar-refractivity contribution is 0.235. The highest BCUT2D eigenvalue weighted by atomic mass is 16.3. The number of aliphatic hydroxyl groups excluding tert-OH is 1. The molecule has 0 saturated carbocycles. The molecule has 1 aliphatic rings. The zero-order chi connectivity index (χ0) is 5.98. The third-order valence-electron chi connectivity index (χ3n) is 1.28. The molecule has 44 valence electrons. The molecule has 1 atom stereocenters. The van der Waals surface area contributed by atoms with Crippen molar-refractivity contribution in [1.29, 1.82) is 0 Å². The minimum Gasteiger partial charge on any atom is -0.389 e. The molecule has 0 saturated heterocycles. The van der Waals surface area contributed by atoms with Crippen molar-refractivity contribution in [2.24, 2.45) is 0 Å². The maximum Gasteiger partial charge on any atom is 0.0758 e. The Morgan fingerprint density at radius 2 is 2.50 bits per heavy atom. The molecular formula is C7H10O. The molecule has 0 amide bonds. The molecule has 0 bridgehead atoms. The minimum atomic E-state index is -0.284. The topological polar surface area (TPSA) is 20.2 Å². The van der Waals surface area contributed by atoms with Crippen LogP contribution in [0.5, 0.6) is 0 Å². The van der Waals surface area contributed by atoms with E-state index in [9.17, 15) is 0 Å². The van der Waals surface area contributed by atoms with Crippen molar-refractivity contribution in [1.82, 2.24) is 0 Å². The van der Waals surface area contributed by atoms with E-state index >= 15 is 0 Å². The summed E-state index contributed by atoms with van der Waals surface area (Å²) in [7, 11) is 0. The second-order valence-electron chi connectivity index (χ2n) is 2.02. The third-order valence-corrected chi connectivity index (χ3v) is 1.28. The summed E-state index contributed by atoms with van der Waals surface area (Å²) in [5.74, 6) is 0. The van der Waals surface area contributed by atoms with Gasteiger partial charge in [-0.1, -0.05) is 18.2 Å². The SMILES string of the molecule is C[C@H](O)C1=CCC=C1. The van der Waals surface area contributed by atoms with Gasteiger partial charge in [0.15, 0.2) is 0 Å². The molecule has 0 aliphatic heterocycles. The highest BCUT2D eigenvalue weighted by Crippen LogP contribution is 2.11. The van der Waals surface area contributed by atoms with Gasteiger partial charge >= 0.3 is 0 Å². The van der Waals surface area contributed by atoms with E-state index in [1.165, 1.54) is 0 Å². The molecule has 0 heterocycles. The van der Waals surface area contributed by atoms with E-state index in [0.29, 0.717) is 0 Å². The van der Waals surface area contributed by atoms with Crippen molar-refractivity contribution in [3.8, 4) is 0 Å². The summed E-state index contributed by atoms with van der Waals surface area (Å²) in [6.45, 7) is 1.78. The lowest BCUT2D eigenvalue weighted by Gasteiger charge is -1.99. The summed E-state index contributed by atoms with van der Waals surface area (Å²) in [4.78, 5) is 0. The highest BCUT2D eigenvalue weighted by molar-refractivity contribution is 5.28. The molecule has 0 fully saturated rings. The second-order valence-corrected chi connectivity index (χ2v) is 2.02. The fourth-order valence-electron chi connectivity index (χ4n) is 0.786. The van der Waals surface area contributed by atoms with Crippen LogP contribution in [0.25, 0.3) is 0 Å². The van der Waals surface area contributed by atoms with Crippen molar-refractivity contribution >= 4 is 0 Å². The first-order valence-corrected chi connectivity index (χ1v) is 2.85. The number of rotatable bonds is 1. The van der Waals surface area contributed by atoms with Crippen LogP contribution in [0.4, 0.5) is 0 Å². The third kappa shape index (κ3) is 0.984. The first kappa shape index (κ1) is 5.57. The summed E-state index contributed by atoms with van der Waals surface area (Å²) >= 11 is 0. The van der Waals surface area contributed by atoms with E-state index in [-0.39, 0.29) is 6.10 Å². The molecule has 0 aromatic rings. The zero-order valence-corrected chi connectivity index (χ0v) is 4.96. The summed E-state index contributed by atoms with van der Waals surface area (Å²) in [6.07, 6.45) is 6.74. The zero-order valence-electron chi connectivity index (χ0n) is 4.96. The highest BCUT2D eigenvalue weighted by Gasteiger charge is 2.01. The van der Waals surface area contributed by atoms with Crippen molar-refractivity contribution in [3.63, 3.8) is 0 Å². The Hall–Kier alpha value is -0.560. The normalized spacial score (nSPS) is 21.0. The van der Waals surface area contributed by atoms with Crippen LogP contribution >= 0.6 is 0 Å². The largest absolute Gasteiger partial charge is 0.389 e. The van der Waals surface area contributed by atoms with Gasteiger partial charge in [-0.05, 0) is 18.9 Å². The molecule has 0 aromatic heterocycles. The summed E-state index contributed by atoms with van der Waals surface area (Å²) in [6, 6.07) is 0. The van der Waals surface area contributed by atoms with Gasteiger partial charge in [-0.3, -0.25) is 0 Å². The van der Waals surface area contributed by atoms with Crippen molar-refractivity contribution in [3.05, 3.63) is 23.8 Å². The van der Waals surface area contributed by atoms with E-state index in [2.05, 4.69) is 0 Å². The average molecular weight is 110 g/mol. The van der Waals surface area contributed by atoms with Crippen LogP contribution in [0.1, 0.15) is 13.3 Å². The summed E-state index contributed by atoms with van der Waals surface area (Å²) < 4.78 is 0. The minimum absolute atomic E-state index is 0.284. The summed E-state index contributed by atoms with van der Waals surface area (Å²) in [5, 5.41) is 8.93. The van der Waals surface area contributed by atoms with Crippen molar-refractivity contribution < 1.29 is 5.11 Å². The fourth-order valence-corrected chi connectivity index (χ4v) is 0.786. The van der Waals surface area contributed by atoms with E-state index < -0.39 is 0 Å². The maximum absolute atomic E-state index is 8.93. The standard InChI is InChI=1S/C7H10O/c1-6(8)7-4-2-3-5-7/h2,4-6,8H,3H2,1H3/t6-/m0/s1. The first-order valence-electron chi connectivity index (χ1n) is 2.85. The Bertz CT molecular complexity index is 131. The number of hydrogen-bond acceptors (Lipinski definition) is 1. The van der Waals surface area contributed by atoms with Gasteiger partial charge in [0.05, 0.1) is 6.10 Å². The van der Waals surface area contributed by atoms with Gasteiger partial charge in [0.1, 0.15) is 0 Å². The van der Waals surface area contributed by atoms with E-state index in [0.717, 1.165) is 12.0 Å². The Kier molecular flexibility index (Phi) is 1.49. The smallest absolute Gasteiger partial charge is 0.0758 e. The van der Waals surface area contributed by atoms with E-state index in [1.807, 2.05) is 18.2 Å². The van der Waals surface area contributed by atoms with Gasteiger partial charge in [0.2, 0.25) is 0 Å². The molecule has 1 rings (SSSR count). The predicted octanol–water partition coefficient (Wildman–Crippen LogP) is 1.25. The van der Waals surface area contributed by atoms with Crippen molar-refractivity contribution in [2.45, 2.75) is 19.4 Å². The van der Waals surface area contributed by atoms with Crippen LogP contribution in [0.2, 0.25) is 0 Å². The molecule has 0 radical (unpaired) electrons. The molecular weight excluding hydrogens is 100 g/mol. The first-order chi connectivity index (χ1) is 3.80. The molecule has 0 spiro atoms. The molecule has 0 unspecified atom stereocenters. The number of allylic oxidation sites excluding steroid dienone is 2. The lowest BCUT2D eigenvalue weighted by Crippen LogP contribution is -1.99. The number of hydrogen-bond donors (Lipinski definition) is 1. The average Bonchev–Trinajstić information content (AvgIpc) is 2.12. The maximum atomic E-state index is 8.93. The molecule has 1 nitrogen and oxygen atoms in total. The van der Waals surface area contributed by atoms with Crippen LogP contribution in [0.15, 0.2) is 23.8 Å². The van der Waals surface area contributed by atoms with Gasteiger partial charge in [0, 0.05) is 0 Å². The Morgan fingerprint density at radius 1 is 1.75 bits per heavy atom. The van der Waals surface area contributed by atoms with E-state index in [4.69, 9.17) is 5.11 Å². The predicted molar refractivity (Wildman–Crippen MR) is 33.5 cm³/mol. The van der Waals surface area contributed by atoms with E-state index in [1.54, 1.807) is 6.92 Å². The van der Waals surface area contributed by atoms with Crippen LogP contribution in [0, 0.1) is 0 Å². The van der Waals surface area contributed by atoms with Gasteiger partial charge in [-0.2, -0.15) is 0 Å². The van der Waals surface area contributed by atoms with Gasteiger partial charge < -0.3 is 5.11 Å². The Balaban J connectivity index is 2.58. The quantitative estimate of drug-likeness (QED) is 0.538. The summed E-state index contributed by atoms with van der Waals surface area (Å²) in [5.41, 5.74) is 1.05.